The molecule has 0 aromatic heterocycles. The van der Waals surface area contributed by atoms with E-state index in [0.29, 0.717) is 11.7 Å². The Morgan fingerprint density at radius 2 is 1.88 bits per heavy atom. The van der Waals surface area contributed by atoms with E-state index in [0.717, 1.165) is 19.3 Å². The summed E-state index contributed by atoms with van der Waals surface area (Å²) in [4.78, 5) is 45.7. The molecule has 0 aliphatic carbocycles. The van der Waals surface area contributed by atoms with Crippen LogP contribution in [0.2, 0.25) is 0 Å². The van der Waals surface area contributed by atoms with Crippen LogP contribution in [-0.4, -0.2) is 50.9 Å². The van der Waals surface area contributed by atoms with Gasteiger partial charge in [-0.25, -0.2) is 4.79 Å². The van der Waals surface area contributed by atoms with Crippen molar-refractivity contribution in [3.63, 3.8) is 0 Å². The van der Waals surface area contributed by atoms with Crippen molar-refractivity contribution in [2.45, 2.75) is 69.6 Å². The van der Waals surface area contributed by atoms with E-state index in [4.69, 9.17) is 10.2 Å². The summed E-state index contributed by atoms with van der Waals surface area (Å²) in [6.07, 6.45) is 4.13. The Labute approximate surface area is 161 Å². The van der Waals surface area contributed by atoms with Gasteiger partial charge in [0, 0.05) is 36.2 Å². The largest absolute Gasteiger partial charge is 0.481 e. The number of carbonyl (C=O) groups excluding carboxylic acids is 2. The van der Waals surface area contributed by atoms with Crippen LogP contribution in [0.15, 0.2) is 0 Å². The Morgan fingerprint density at radius 1 is 1.15 bits per heavy atom. The van der Waals surface area contributed by atoms with Gasteiger partial charge >= 0.3 is 11.9 Å². The molecule has 3 unspecified atom stereocenters. The number of amides is 1. The smallest absolute Gasteiger partial charge is 0.326 e. The molecular weight excluding hydrogens is 378 g/mol. The third-order valence-corrected chi connectivity index (χ3v) is 7.21. The number of unbranched alkanes of at least 4 members (excludes halogenated alkanes) is 1. The van der Waals surface area contributed by atoms with Crippen molar-refractivity contribution in [2.75, 3.05) is 5.75 Å². The molecule has 1 rings (SSSR count). The first-order valence-electron chi connectivity index (χ1n) is 8.84. The highest BCUT2D eigenvalue weighted by Crippen LogP contribution is 2.39. The van der Waals surface area contributed by atoms with Crippen LogP contribution in [0.4, 0.5) is 0 Å². The second-order valence-corrected chi connectivity index (χ2v) is 9.34. The first kappa shape index (κ1) is 22.8. The molecule has 3 atom stereocenters. The van der Waals surface area contributed by atoms with E-state index in [2.05, 4.69) is 5.32 Å². The Balaban J connectivity index is 2.26. The maximum atomic E-state index is 12.1. The summed E-state index contributed by atoms with van der Waals surface area (Å²) in [5.41, 5.74) is 0. The van der Waals surface area contributed by atoms with Crippen molar-refractivity contribution in [1.82, 2.24) is 5.32 Å². The van der Waals surface area contributed by atoms with Gasteiger partial charge in [0.25, 0.3) is 0 Å². The highest BCUT2D eigenvalue weighted by Gasteiger charge is 2.24. The van der Waals surface area contributed by atoms with Crippen molar-refractivity contribution in [3.8, 4) is 0 Å². The number of ketones is 1. The Morgan fingerprint density at radius 3 is 2.46 bits per heavy atom. The molecule has 7 nitrogen and oxygen atoms in total. The quantitative estimate of drug-likeness (QED) is 0.316. The van der Waals surface area contributed by atoms with Crippen LogP contribution in [0.1, 0.15) is 58.3 Å². The molecule has 0 aromatic rings. The molecule has 9 heteroatoms. The standard InChI is InChI=1S/C17H27NO6S2/c1-11(16(22)18-14(17(23)24)6-7-15(20)21)10-12(19)4-2-3-5-13-8-9-25-26-13/h11,13-14H,2-10H2,1H3,(H,18,22)(H,20,21)(H,23,24). The third kappa shape index (κ3) is 9.47. The van der Waals surface area contributed by atoms with Gasteiger partial charge in [0.2, 0.25) is 5.91 Å². The van der Waals surface area contributed by atoms with E-state index in [1.807, 2.05) is 21.6 Å². The number of aliphatic carboxylic acids is 2. The summed E-state index contributed by atoms with van der Waals surface area (Å²) in [6.45, 7) is 1.58. The molecule has 26 heavy (non-hydrogen) atoms. The third-order valence-electron chi connectivity index (χ3n) is 4.20. The van der Waals surface area contributed by atoms with Crippen molar-refractivity contribution in [3.05, 3.63) is 0 Å². The van der Waals surface area contributed by atoms with E-state index in [-0.39, 0.29) is 25.0 Å². The molecular formula is C17H27NO6S2. The van der Waals surface area contributed by atoms with Gasteiger partial charge in [-0.1, -0.05) is 34.9 Å². The van der Waals surface area contributed by atoms with Crippen LogP contribution in [0, 0.1) is 5.92 Å². The Bertz CT molecular complexity index is 507. The van der Waals surface area contributed by atoms with Crippen molar-refractivity contribution >= 4 is 45.2 Å². The van der Waals surface area contributed by atoms with Gasteiger partial charge in [-0.2, -0.15) is 0 Å². The fraction of sp³-hybridized carbons (Fsp3) is 0.765. The lowest BCUT2D eigenvalue weighted by Gasteiger charge is -2.17. The first-order chi connectivity index (χ1) is 12.3. The van der Waals surface area contributed by atoms with Crippen LogP contribution in [0.5, 0.6) is 0 Å². The zero-order valence-electron chi connectivity index (χ0n) is 14.9. The molecule has 1 saturated heterocycles. The molecule has 0 spiro atoms. The molecule has 1 heterocycles. The minimum atomic E-state index is -1.28. The highest BCUT2D eigenvalue weighted by atomic mass is 33.1. The number of carboxylic acids is 2. The predicted molar refractivity (Wildman–Crippen MR) is 102 cm³/mol. The van der Waals surface area contributed by atoms with Gasteiger partial charge in [0.1, 0.15) is 11.8 Å². The van der Waals surface area contributed by atoms with E-state index < -0.39 is 29.8 Å². The molecule has 1 aliphatic heterocycles. The van der Waals surface area contributed by atoms with E-state index in [1.54, 1.807) is 6.92 Å². The van der Waals surface area contributed by atoms with Crippen LogP contribution in [0.25, 0.3) is 0 Å². The van der Waals surface area contributed by atoms with Crippen LogP contribution < -0.4 is 5.32 Å². The van der Waals surface area contributed by atoms with Gasteiger partial charge in [-0.05, 0) is 25.7 Å². The van der Waals surface area contributed by atoms with E-state index >= 15 is 0 Å². The molecule has 0 aromatic carbocycles. The zero-order chi connectivity index (χ0) is 19.5. The minimum Gasteiger partial charge on any atom is -0.481 e. The highest BCUT2D eigenvalue weighted by molar-refractivity contribution is 8.77. The fourth-order valence-electron chi connectivity index (χ4n) is 2.63. The molecule has 1 amide bonds. The Kier molecular flexibility index (Phi) is 10.7. The lowest BCUT2D eigenvalue weighted by atomic mass is 9.99. The zero-order valence-corrected chi connectivity index (χ0v) is 16.6. The summed E-state index contributed by atoms with van der Waals surface area (Å²) in [7, 11) is 3.82. The molecule has 1 aliphatic rings. The average molecular weight is 406 g/mol. The number of hydrogen-bond acceptors (Lipinski definition) is 6. The van der Waals surface area contributed by atoms with Gasteiger partial charge in [-0.3, -0.25) is 14.4 Å². The first-order valence-corrected chi connectivity index (χ1v) is 11.2. The van der Waals surface area contributed by atoms with Crippen molar-refractivity contribution in [2.24, 2.45) is 5.92 Å². The summed E-state index contributed by atoms with van der Waals surface area (Å²) in [6, 6.07) is -1.25. The number of rotatable bonds is 13. The number of nitrogens with one attached hydrogen (secondary N) is 1. The molecule has 1 fully saturated rings. The molecule has 0 bridgehead atoms. The van der Waals surface area contributed by atoms with Crippen LogP contribution >= 0.6 is 21.6 Å². The molecule has 0 saturated carbocycles. The van der Waals surface area contributed by atoms with Crippen LogP contribution in [0.3, 0.4) is 0 Å². The van der Waals surface area contributed by atoms with Crippen molar-refractivity contribution < 1.29 is 29.4 Å². The number of hydrogen-bond donors (Lipinski definition) is 3. The van der Waals surface area contributed by atoms with E-state index in [1.165, 1.54) is 12.2 Å². The monoisotopic (exact) mass is 405 g/mol. The number of Topliss-reactive ketones (excluding diaryl/α,β-unsaturated/α-hetero) is 1. The molecule has 3 N–H and O–H groups in total. The Hall–Kier alpha value is -1.22. The van der Waals surface area contributed by atoms with Gasteiger partial charge in [-0.15, -0.1) is 0 Å². The second kappa shape index (κ2) is 12.2. The average Bonchev–Trinajstić information content (AvgIpc) is 3.08. The van der Waals surface area contributed by atoms with Gasteiger partial charge in [0.05, 0.1) is 0 Å². The van der Waals surface area contributed by atoms with Crippen molar-refractivity contribution in [1.29, 1.82) is 0 Å². The summed E-state index contributed by atoms with van der Waals surface area (Å²) in [5.74, 6) is -2.36. The minimum absolute atomic E-state index is 0.00138. The molecule has 148 valence electrons. The SMILES string of the molecule is CC(CC(=O)CCCCC1CCSS1)C(=O)NC(CCC(=O)O)C(=O)O. The lowest BCUT2D eigenvalue weighted by Crippen LogP contribution is -2.43. The maximum absolute atomic E-state index is 12.1. The summed E-state index contributed by atoms with van der Waals surface area (Å²) < 4.78 is 0. The maximum Gasteiger partial charge on any atom is 0.326 e. The van der Waals surface area contributed by atoms with E-state index in [9.17, 15) is 19.2 Å². The fourth-order valence-corrected chi connectivity index (χ4v) is 5.66. The number of carbonyl (C=O) groups is 4. The van der Waals surface area contributed by atoms with Gasteiger partial charge < -0.3 is 15.5 Å². The summed E-state index contributed by atoms with van der Waals surface area (Å²) in [5, 5.41) is 20.7. The second-order valence-electron chi connectivity index (χ2n) is 6.55. The lowest BCUT2D eigenvalue weighted by molar-refractivity contribution is -0.143. The molecule has 0 radical (unpaired) electrons. The number of carboxylic acid groups (broad SMARTS) is 2. The summed E-state index contributed by atoms with van der Waals surface area (Å²) >= 11 is 0. The topological polar surface area (TPSA) is 121 Å². The van der Waals surface area contributed by atoms with Crippen LogP contribution in [-0.2, 0) is 19.2 Å². The predicted octanol–water partition coefficient (Wildman–Crippen LogP) is 2.73. The van der Waals surface area contributed by atoms with Gasteiger partial charge in [0.15, 0.2) is 0 Å². The normalized spacial score (nSPS) is 18.9.